The summed E-state index contributed by atoms with van der Waals surface area (Å²) in [4.78, 5) is 25.3. The predicted molar refractivity (Wildman–Crippen MR) is 94.0 cm³/mol. The fourth-order valence-corrected chi connectivity index (χ4v) is 3.53. The Labute approximate surface area is 192 Å². The standard InChI is InChI=1S/C19H25F3N2O3.Ar/c1-18(2,3)15-10-12(8-9-24(15)17(26)27)16(25)23-11-13-6-4-5-7-14(13)19(20,21)22;/h4-7,12,15H,8-11H2,1-3H3,(H,23,25)(H,26,27);. The average Bonchev–Trinajstić information content (AvgIpc) is 2.57. The second kappa shape index (κ2) is 9.67. The maximum atomic E-state index is 13.1. The summed E-state index contributed by atoms with van der Waals surface area (Å²) in [5.74, 6) is -0.769. The maximum Gasteiger partial charge on any atom is 0.416 e. The Kier molecular flexibility index (Phi) is 8.65. The number of nitrogens with one attached hydrogen (secondary N) is 1. The molecule has 1 fully saturated rings. The third kappa shape index (κ3) is 6.25. The van der Waals surface area contributed by atoms with Crippen molar-refractivity contribution in [2.45, 2.75) is 52.4 Å². The van der Waals surface area contributed by atoms with Gasteiger partial charge in [0.15, 0.2) is 0 Å². The molecule has 2 N–H and O–H groups in total. The molecule has 158 valence electrons. The van der Waals surface area contributed by atoms with E-state index in [1.165, 1.54) is 23.1 Å². The number of nitrogens with zero attached hydrogens (tertiary/aromatic N) is 1. The number of alkyl halides is 3. The molecule has 5 nitrogen and oxygen atoms in total. The Balaban J connectivity index is 0.00000392. The number of likely N-dealkylation sites (tertiary alicyclic amines) is 1. The molecule has 0 aromatic heterocycles. The summed E-state index contributed by atoms with van der Waals surface area (Å²) < 4.78 is 39.2. The Morgan fingerprint density at radius 2 is 1.82 bits per heavy atom. The molecule has 0 bridgehead atoms. The minimum Gasteiger partial charge on any atom is -0.465 e. The molecule has 0 radical (unpaired) electrons. The zero-order chi connectivity index (χ0) is 20.4. The van der Waals surface area contributed by atoms with Crippen LogP contribution in [-0.4, -0.2) is 34.6 Å². The molecule has 0 spiro atoms. The number of carbonyl (C=O) groups excluding carboxylic acids is 1. The number of halogens is 3. The van der Waals surface area contributed by atoms with Gasteiger partial charge in [0.25, 0.3) is 0 Å². The van der Waals surface area contributed by atoms with Gasteiger partial charge in [-0.3, -0.25) is 4.79 Å². The van der Waals surface area contributed by atoms with E-state index in [9.17, 15) is 27.9 Å². The van der Waals surface area contributed by atoms with Crippen LogP contribution in [0.1, 0.15) is 44.7 Å². The van der Waals surface area contributed by atoms with Crippen molar-refractivity contribution in [3.8, 4) is 0 Å². The molecule has 1 aromatic rings. The summed E-state index contributed by atoms with van der Waals surface area (Å²) in [6, 6.07) is 4.81. The second-order valence-electron chi connectivity index (χ2n) is 7.95. The molecule has 1 aromatic carbocycles. The Hall–Kier alpha value is -0.990. The zero-order valence-electron chi connectivity index (χ0n) is 16.0. The summed E-state index contributed by atoms with van der Waals surface area (Å²) in [6.07, 6.45) is -4.80. The average molecular weight is 426 g/mol. The van der Waals surface area contributed by atoms with Crippen LogP contribution in [0.5, 0.6) is 0 Å². The van der Waals surface area contributed by atoms with Crippen molar-refractivity contribution in [3.63, 3.8) is 0 Å². The van der Waals surface area contributed by atoms with E-state index in [4.69, 9.17) is 0 Å². The van der Waals surface area contributed by atoms with Crippen LogP contribution in [0.3, 0.4) is 0 Å². The Bertz CT molecular complexity index is 704. The normalized spacial score (nSPS) is 20.3. The van der Waals surface area contributed by atoms with Crippen molar-refractivity contribution in [3.05, 3.63) is 35.4 Å². The zero-order valence-corrected chi connectivity index (χ0v) is 16.7. The summed E-state index contributed by atoms with van der Waals surface area (Å²) in [5, 5.41) is 12.0. The van der Waals surface area contributed by atoms with Crippen LogP contribution in [-0.2, 0) is 17.5 Å². The van der Waals surface area contributed by atoms with Crippen LogP contribution < -0.4 is 5.32 Å². The van der Waals surface area contributed by atoms with Crippen LogP contribution in [0.25, 0.3) is 0 Å². The third-order valence-electron chi connectivity index (χ3n) is 4.99. The SMILES string of the molecule is CC(C)(C)C1CC(C(=O)NCc2ccccc2C(F)(F)F)CCN1C(=O)O.[Ar]. The molecule has 2 atom stereocenters. The molecule has 2 unspecified atom stereocenters. The van der Waals surface area contributed by atoms with Gasteiger partial charge in [-0.25, -0.2) is 4.79 Å². The summed E-state index contributed by atoms with van der Waals surface area (Å²) in [7, 11) is 0. The fourth-order valence-electron chi connectivity index (χ4n) is 3.53. The van der Waals surface area contributed by atoms with E-state index < -0.39 is 23.8 Å². The van der Waals surface area contributed by atoms with E-state index in [0.29, 0.717) is 12.8 Å². The van der Waals surface area contributed by atoms with Gasteiger partial charge in [-0.1, -0.05) is 39.0 Å². The molecule has 1 aliphatic rings. The monoisotopic (exact) mass is 426 g/mol. The van der Waals surface area contributed by atoms with Gasteiger partial charge in [-0.15, -0.1) is 0 Å². The number of carboxylic acid groups (broad SMARTS) is 1. The van der Waals surface area contributed by atoms with Gasteiger partial charge < -0.3 is 15.3 Å². The van der Waals surface area contributed by atoms with Crippen molar-refractivity contribution in [1.82, 2.24) is 10.2 Å². The Morgan fingerprint density at radius 1 is 1.21 bits per heavy atom. The van der Waals surface area contributed by atoms with E-state index in [0.717, 1.165) is 6.07 Å². The molecule has 2 amide bonds. The first kappa shape index (κ1) is 25.0. The first-order chi connectivity index (χ1) is 12.4. The molecule has 1 aliphatic heterocycles. The molecule has 28 heavy (non-hydrogen) atoms. The topological polar surface area (TPSA) is 69.6 Å². The molecule has 1 saturated heterocycles. The summed E-state index contributed by atoms with van der Waals surface area (Å²) in [5.41, 5.74) is -1.10. The van der Waals surface area contributed by atoms with Crippen molar-refractivity contribution in [2.75, 3.05) is 6.54 Å². The molecule has 2 rings (SSSR count). The molecule has 0 aliphatic carbocycles. The van der Waals surface area contributed by atoms with Crippen LogP contribution >= 0.6 is 0 Å². The van der Waals surface area contributed by atoms with Crippen LogP contribution in [0.2, 0.25) is 0 Å². The van der Waals surface area contributed by atoms with Crippen molar-refractivity contribution < 1.29 is 65.6 Å². The molecule has 9 heteroatoms. The van der Waals surface area contributed by atoms with E-state index in [1.54, 1.807) is 0 Å². The number of rotatable bonds is 3. The fraction of sp³-hybridized carbons (Fsp3) is 0.579. The first-order valence-electron chi connectivity index (χ1n) is 8.83. The number of hydrogen-bond acceptors (Lipinski definition) is 2. The summed E-state index contributed by atoms with van der Waals surface area (Å²) >= 11 is 0. The smallest absolute Gasteiger partial charge is 0.416 e. The predicted octanol–water partition coefficient (Wildman–Crippen LogP) is 4.13. The van der Waals surface area contributed by atoms with Crippen molar-refractivity contribution in [2.24, 2.45) is 11.3 Å². The summed E-state index contributed by atoms with van der Waals surface area (Å²) in [6.45, 7) is 5.75. The molecule has 0 saturated carbocycles. The van der Waals surface area contributed by atoms with Crippen molar-refractivity contribution in [1.29, 1.82) is 0 Å². The first-order valence-corrected chi connectivity index (χ1v) is 8.83. The van der Waals surface area contributed by atoms with Crippen LogP contribution in [0.4, 0.5) is 18.0 Å². The van der Waals surface area contributed by atoms with Crippen LogP contribution in [0, 0.1) is 49.1 Å². The molecular formula is C19H25ArF3N2O3. The number of carbonyl (C=O) groups is 2. The van der Waals surface area contributed by atoms with E-state index in [-0.39, 0.29) is 73.8 Å². The van der Waals surface area contributed by atoms with Gasteiger partial charge >= 0.3 is 12.3 Å². The van der Waals surface area contributed by atoms with E-state index in [2.05, 4.69) is 5.32 Å². The number of amides is 2. The molecular weight excluding hydrogens is 401 g/mol. The number of piperidine rings is 1. The van der Waals surface area contributed by atoms with Gasteiger partial charge in [0.2, 0.25) is 5.91 Å². The maximum absolute atomic E-state index is 13.1. The molecule has 1 heterocycles. The third-order valence-corrected chi connectivity index (χ3v) is 4.99. The van der Waals surface area contributed by atoms with E-state index >= 15 is 0 Å². The quantitative estimate of drug-likeness (QED) is 0.764. The van der Waals surface area contributed by atoms with E-state index in [1.807, 2.05) is 20.8 Å². The van der Waals surface area contributed by atoms with Gasteiger partial charge in [0.1, 0.15) is 0 Å². The van der Waals surface area contributed by atoms with Gasteiger partial charge in [0, 0.05) is 62.8 Å². The van der Waals surface area contributed by atoms with Gasteiger partial charge in [-0.2, -0.15) is 13.2 Å². The van der Waals surface area contributed by atoms with Gasteiger partial charge in [0.05, 0.1) is 5.56 Å². The number of benzene rings is 1. The van der Waals surface area contributed by atoms with Crippen molar-refractivity contribution >= 4 is 12.0 Å². The minimum atomic E-state index is -4.48. The number of hydrogen-bond donors (Lipinski definition) is 2. The van der Waals surface area contributed by atoms with Gasteiger partial charge in [-0.05, 0) is 29.9 Å². The minimum absolute atomic E-state index is 0. The van der Waals surface area contributed by atoms with Crippen LogP contribution in [0.15, 0.2) is 24.3 Å². The Morgan fingerprint density at radius 3 is 2.36 bits per heavy atom. The largest absolute Gasteiger partial charge is 0.465 e. The second-order valence-corrected chi connectivity index (χ2v) is 7.95.